The fraction of sp³-hybridized carbons (Fsp3) is 0.692. The molecule has 4 nitrogen and oxygen atoms in total. The Morgan fingerprint density at radius 2 is 2.17 bits per heavy atom. The normalized spacial score (nSPS) is 19.1. The zero-order chi connectivity index (χ0) is 12.4. The average molecular weight is 264 g/mol. The molecule has 1 aromatic heterocycles. The van der Waals surface area contributed by atoms with E-state index >= 15 is 0 Å². The highest BCUT2D eigenvalue weighted by Gasteiger charge is 2.36. The molecule has 0 radical (unpaired) electrons. The number of hydrogen-bond donors (Lipinski definition) is 1. The van der Waals surface area contributed by atoms with Gasteiger partial charge in [0.05, 0.1) is 0 Å². The minimum atomic E-state index is 0.694. The number of nitrogens with one attached hydrogen (secondary N) is 1. The third-order valence-electron chi connectivity index (χ3n) is 3.34. The van der Waals surface area contributed by atoms with Crippen LogP contribution in [0.5, 0.6) is 0 Å². The third-order valence-corrected chi connectivity index (χ3v) is 4.29. The topological polar surface area (TPSA) is 42.7 Å². The van der Waals surface area contributed by atoms with Crippen molar-refractivity contribution < 1.29 is 0 Å². The van der Waals surface area contributed by atoms with E-state index in [1.165, 1.54) is 31.5 Å². The molecule has 0 amide bonds. The summed E-state index contributed by atoms with van der Waals surface area (Å²) in [5.41, 5.74) is 0. The first-order chi connectivity index (χ1) is 8.90. The van der Waals surface area contributed by atoms with Crippen molar-refractivity contribution in [1.29, 1.82) is 0 Å². The Labute approximate surface area is 112 Å². The number of hydrogen-bond acceptors (Lipinski definition) is 4. The van der Waals surface area contributed by atoms with Gasteiger partial charge < -0.3 is 9.88 Å². The lowest BCUT2D eigenvalue weighted by Crippen LogP contribution is -2.16. The maximum atomic E-state index is 4.41. The van der Waals surface area contributed by atoms with Crippen LogP contribution in [0.2, 0.25) is 0 Å². The van der Waals surface area contributed by atoms with Crippen molar-refractivity contribution >= 4 is 11.8 Å². The molecule has 2 aliphatic rings. The molecular formula is C13H20N4S. The van der Waals surface area contributed by atoms with Crippen molar-refractivity contribution in [1.82, 2.24) is 20.1 Å². The van der Waals surface area contributed by atoms with Crippen LogP contribution >= 0.6 is 11.8 Å². The molecule has 2 aliphatic carbocycles. The molecule has 0 unspecified atom stereocenters. The van der Waals surface area contributed by atoms with E-state index in [0.717, 1.165) is 24.0 Å². The van der Waals surface area contributed by atoms with Gasteiger partial charge in [-0.2, -0.15) is 0 Å². The Kier molecular flexibility index (Phi) is 3.70. The molecule has 2 saturated carbocycles. The first-order valence-electron chi connectivity index (χ1n) is 6.79. The predicted octanol–water partition coefficient (Wildman–Crippen LogP) is 2.36. The third kappa shape index (κ3) is 2.78. The van der Waals surface area contributed by atoms with Gasteiger partial charge in [-0.3, -0.25) is 0 Å². The molecule has 2 fully saturated rings. The van der Waals surface area contributed by atoms with Gasteiger partial charge in [-0.15, -0.1) is 16.8 Å². The molecule has 98 valence electrons. The Morgan fingerprint density at radius 1 is 1.33 bits per heavy atom. The van der Waals surface area contributed by atoms with Crippen molar-refractivity contribution in [2.75, 3.05) is 18.8 Å². The van der Waals surface area contributed by atoms with Crippen LogP contribution in [-0.4, -0.2) is 33.6 Å². The van der Waals surface area contributed by atoms with Crippen LogP contribution in [-0.2, 0) is 0 Å². The van der Waals surface area contributed by atoms with Gasteiger partial charge in [-0.05, 0) is 25.7 Å². The Hall–Kier alpha value is -0.810. The minimum absolute atomic E-state index is 0.694. The summed E-state index contributed by atoms with van der Waals surface area (Å²) >= 11 is 1.82. The number of thioether (sulfide) groups is 1. The largest absolute Gasteiger partial charge is 0.312 e. The van der Waals surface area contributed by atoms with Crippen molar-refractivity contribution in [2.24, 2.45) is 0 Å². The molecule has 0 spiro atoms. The lowest BCUT2D eigenvalue weighted by Gasteiger charge is -2.08. The summed E-state index contributed by atoms with van der Waals surface area (Å²) < 4.78 is 2.41. The highest BCUT2D eigenvalue weighted by Crippen LogP contribution is 2.45. The fourth-order valence-electron chi connectivity index (χ4n) is 2.10. The van der Waals surface area contributed by atoms with Gasteiger partial charge in [0.1, 0.15) is 5.82 Å². The van der Waals surface area contributed by atoms with Gasteiger partial charge in [-0.1, -0.05) is 17.8 Å². The van der Waals surface area contributed by atoms with Crippen LogP contribution in [0.15, 0.2) is 17.8 Å². The molecule has 1 aromatic rings. The highest BCUT2D eigenvalue weighted by atomic mass is 32.2. The van der Waals surface area contributed by atoms with Crippen LogP contribution in [0.4, 0.5) is 0 Å². The second-order valence-corrected chi connectivity index (χ2v) is 6.12. The summed E-state index contributed by atoms with van der Waals surface area (Å²) in [4.78, 5) is 0. The standard InChI is InChI=1S/C13H20N4S/c1-2-7-14-8-9-18-13-16-15-12(10-3-4-10)17(13)11-5-6-11/h2,10-11,14H,1,3-9H2. The maximum absolute atomic E-state index is 4.41. The molecular weight excluding hydrogens is 244 g/mol. The van der Waals surface area contributed by atoms with Gasteiger partial charge >= 0.3 is 0 Å². The predicted molar refractivity (Wildman–Crippen MR) is 74.1 cm³/mol. The van der Waals surface area contributed by atoms with Crippen LogP contribution in [0.3, 0.4) is 0 Å². The molecule has 0 bridgehead atoms. The number of aromatic nitrogens is 3. The molecule has 0 aliphatic heterocycles. The molecule has 0 aromatic carbocycles. The van der Waals surface area contributed by atoms with Crippen molar-refractivity contribution in [3.8, 4) is 0 Å². The van der Waals surface area contributed by atoms with Gasteiger partial charge in [0.25, 0.3) is 0 Å². The first-order valence-corrected chi connectivity index (χ1v) is 7.78. The van der Waals surface area contributed by atoms with E-state index in [2.05, 4.69) is 26.7 Å². The molecule has 1 heterocycles. The zero-order valence-corrected chi connectivity index (χ0v) is 11.5. The van der Waals surface area contributed by atoms with Crippen LogP contribution in [0, 0.1) is 0 Å². The summed E-state index contributed by atoms with van der Waals surface area (Å²) in [7, 11) is 0. The molecule has 3 rings (SSSR count). The van der Waals surface area contributed by atoms with E-state index in [4.69, 9.17) is 0 Å². The van der Waals surface area contributed by atoms with Gasteiger partial charge in [0, 0.05) is 30.8 Å². The smallest absolute Gasteiger partial charge is 0.191 e. The molecule has 5 heteroatoms. The number of rotatable bonds is 8. The second kappa shape index (κ2) is 5.45. The van der Waals surface area contributed by atoms with Gasteiger partial charge in [0.2, 0.25) is 0 Å². The lowest BCUT2D eigenvalue weighted by molar-refractivity contribution is 0.626. The quantitative estimate of drug-likeness (QED) is 0.445. The van der Waals surface area contributed by atoms with Gasteiger partial charge in [0.15, 0.2) is 5.16 Å². The minimum Gasteiger partial charge on any atom is -0.312 e. The molecule has 0 atom stereocenters. The van der Waals surface area contributed by atoms with Crippen molar-refractivity contribution in [3.63, 3.8) is 0 Å². The van der Waals surface area contributed by atoms with E-state index in [1.54, 1.807) is 0 Å². The summed E-state index contributed by atoms with van der Waals surface area (Å²) in [6.07, 6.45) is 7.11. The van der Waals surface area contributed by atoms with Crippen LogP contribution in [0.1, 0.15) is 43.5 Å². The first kappa shape index (κ1) is 12.2. The highest BCUT2D eigenvalue weighted by molar-refractivity contribution is 7.99. The van der Waals surface area contributed by atoms with E-state index < -0.39 is 0 Å². The SMILES string of the molecule is C=CCNCCSc1nnc(C2CC2)n1C1CC1. The maximum Gasteiger partial charge on any atom is 0.191 e. The Morgan fingerprint density at radius 3 is 2.83 bits per heavy atom. The Balaban J connectivity index is 1.59. The summed E-state index contributed by atoms with van der Waals surface area (Å²) in [6, 6.07) is 0.694. The fourth-order valence-corrected chi connectivity index (χ4v) is 3.01. The molecule has 0 saturated heterocycles. The van der Waals surface area contributed by atoms with Crippen LogP contribution in [0.25, 0.3) is 0 Å². The second-order valence-electron chi connectivity index (χ2n) is 5.06. The lowest BCUT2D eigenvalue weighted by atomic mass is 10.4. The summed E-state index contributed by atoms with van der Waals surface area (Å²) in [5, 5.41) is 13.2. The van der Waals surface area contributed by atoms with Crippen LogP contribution < -0.4 is 5.32 Å². The van der Waals surface area contributed by atoms with Gasteiger partial charge in [-0.25, -0.2) is 0 Å². The molecule has 1 N–H and O–H groups in total. The van der Waals surface area contributed by atoms with E-state index in [1.807, 2.05) is 17.8 Å². The van der Waals surface area contributed by atoms with E-state index in [0.29, 0.717) is 12.0 Å². The van der Waals surface area contributed by atoms with Crippen molar-refractivity contribution in [3.05, 3.63) is 18.5 Å². The summed E-state index contributed by atoms with van der Waals surface area (Å²) in [6.45, 7) is 5.57. The van der Waals surface area contributed by atoms with Crippen molar-refractivity contribution in [2.45, 2.75) is 42.8 Å². The summed E-state index contributed by atoms with van der Waals surface area (Å²) in [5.74, 6) is 2.99. The van der Waals surface area contributed by atoms with E-state index in [9.17, 15) is 0 Å². The Bertz CT molecular complexity index is 421. The monoisotopic (exact) mass is 264 g/mol. The average Bonchev–Trinajstić information content (AvgIpc) is 3.28. The molecule has 18 heavy (non-hydrogen) atoms. The zero-order valence-electron chi connectivity index (χ0n) is 10.6. The van der Waals surface area contributed by atoms with E-state index in [-0.39, 0.29) is 0 Å². The number of nitrogens with zero attached hydrogens (tertiary/aromatic N) is 3.